The Morgan fingerprint density at radius 2 is 2.16 bits per heavy atom. The smallest absolute Gasteiger partial charge is 0.251 e. The van der Waals surface area contributed by atoms with E-state index >= 15 is 0 Å². The lowest BCUT2D eigenvalue weighted by atomic mass is 10.1. The molecule has 1 aliphatic carbocycles. The highest BCUT2D eigenvalue weighted by atomic mass is 16.3. The first-order valence-corrected chi connectivity index (χ1v) is 6.52. The summed E-state index contributed by atoms with van der Waals surface area (Å²) in [4.78, 5) is 15.9. The largest absolute Gasteiger partial charge is 0.380 e. The SMILES string of the molecule is O=C(NCCc1cnc2ccccc2c1)C1(O)CC1. The number of benzene rings is 1. The Bertz CT molecular complexity index is 620. The molecule has 1 saturated carbocycles. The molecule has 2 aromatic rings. The first-order chi connectivity index (χ1) is 9.17. The number of hydrogen-bond acceptors (Lipinski definition) is 3. The monoisotopic (exact) mass is 256 g/mol. The fraction of sp³-hybridized carbons (Fsp3) is 0.333. The molecule has 1 amide bonds. The highest BCUT2D eigenvalue weighted by Crippen LogP contribution is 2.34. The molecule has 1 fully saturated rings. The van der Waals surface area contributed by atoms with E-state index in [1.165, 1.54) is 0 Å². The van der Waals surface area contributed by atoms with Gasteiger partial charge in [-0.25, -0.2) is 0 Å². The molecule has 3 rings (SSSR count). The highest BCUT2D eigenvalue weighted by molar-refractivity contribution is 5.87. The molecule has 0 unspecified atom stereocenters. The number of amides is 1. The second kappa shape index (κ2) is 4.63. The van der Waals surface area contributed by atoms with Crippen molar-refractivity contribution >= 4 is 16.8 Å². The average molecular weight is 256 g/mol. The lowest BCUT2D eigenvalue weighted by Gasteiger charge is -2.09. The fourth-order valence-corrected chi connectivity index (χ4v) is 2.08. The van der Waals surface area contributed by atoms with Crippen molar-refractivity contribution in [2.75, 3.05) is 6.54 Å². The molecule has 2 N–H and O–H groups in total. The molecule has 4 heteroatoms. The van der Waals surface area contributed by atoms with Crippen LogP contribution >= 0.6 is 0 Å². The van der Waals surface area contributed by atoms with Gasteiger partial charge in [-0.05, 0) is 37.0 Å². The van der Waals surface area contributed by atoms with E-state index in [4.69, 9.17) is 0 Å². The van der Waals surface area contributed by atoms with Crippen LogP contribution in [0.1, 0.15) is 18.4 Å². The van der Waals surface area contributed by atoms with Gasteiger partial charge in [-0.2, -0.15) is 0 Å². The number of carbonyl (C=O) groups excluding carboxylic acids is 1. The number of nitrogens with one attached hydrogen (secondary N) is 1. The summed E-state index contributed by atoms with van der Waals surface area (Å²) in [5.74, 6) is -0.249. The summed E-state index contributed by atoms with van der Waals surface area (Å²) in [5.41, 5.74) is 0.978. The number of para-hydroxylation sites is 1. The molecule has 0 bridgehead atoms. The number of rotatable bonds is 4. The minimum Gasteiger partial charge on any atom is -0.380 e. The first kappa shape index (κ1) is 12.1. The Kier molecular flexibility index (Phi) is 2.95. The third-order valence-electron chi connectivity index (χ3n) is 3.49. The molecular weight excluding hydrogens is 240 g/mol. The minimum absolute atomic E-state index is 0.249. The van der Waals surface area contributed by atoms with E-state index in [1.54, 1.807) is 0 Å². The van der Waals surface area contributed by atoms with Gasteiger partial charge in [0.2, 0.25) is 0 Å². The van der Waals surface area contributed by atoms with Crippen LogP contribution in [-0.4, -0.2) is 28.1 Å². The van der Waals surface area contributed by atoms with Gasteiger partial charge >= 0.3 is 0 Å². The molecule has 98 valence electrons. The van der Waals surface area contributed by atoms with E-state index in [0.29, 0.717) is 19.4 Å². The summed E-state index contributed by atoms with van der Waals surface area (Å²) in [5, 5.41) is 13.5. The van der Waals surface area contributed by atoms with Crippen LogP contribution in [0.15, 0.2) is 36.5 Å². The molecule has 1 aromatic heterocycles. The minimum atomic E-state index is -1.08. The number of carbonyl (C=O) groups is 1. The van der Waals surface area contributed by atoms with Crippen molar-refractivity contribution in [1.29, 1.82) is 0 Å². The summed E-state index contributed by atoms with van der Waals surface area (Å²) in [6.07, 6.45) is 3.71. The van der Waals surface area contributed by atoms with Crippen molar-refractivity contribution in [1.82, 2.24) is 10.3 Å². The van der Waals surface area contributed by atoms with Gasteiger partial charge in [0, 0.05) is 18.1 Å². The topological polar surface area (TPSA) is 62.2 Å². The van der Waals surface area contributed by atoms with Gasteiger partial charge in [-0.15, -0.1) is 0 Å². The second-order valence-electron chi connectivity index (χ2n) is 5.07. The summed E-state index contributed by atoms with van der Waals surface area (Å²) < 4.78 is 0. The van der Waals surface area contributed by atoms with Gasteiger partial charge in [0.15, 0.2) is 0 Å². The highest BCUT2D eigenvalue weighted by Gasteiger charge is 2.47. The third kappa shape index (κ3) is 2.58. The van der Waals surface area contributed by atoms with Crippen LogP contribution in [0.5, 0.6) is 0 Å². The van der Waals surface area contributed by atoms with E-state index < -0.39 is 5.60 Å². The van der Waals surface area contributed by atoms with E-state index in [0.717, 1.165) is 22.9 Å². The van der Waals surface area contributed by atoms with Gasteiger partial charge in [0.05, 0.1) is 5.52 Å². The Labute approximate surface area is 111 Å². The number of aliphatic hydroxyl groups is 1. The van der Waals surface area contributed by atoms with Gasteiger partial charge in [-0.1, -0.05) is 18.2 Å². The zero-order valence-electron chi connectivity index (χ0n) is 10.6. The quantitative estimate of drug-likeness (QED) is 0.869. The lowest BCUT2D eigenvalue weighted by Crippen LogP contribution is -2.37. The van der Waals surface area contributed by atoms with Crippen LogP contribution in [0.4, 0.5) is 0 Å². The summed E-state index contributed by atoms with van der Waals surface area (Å²) in [6.45, 7) is 0.529. The van der Waals surface area contributed by atoms with E-state index in [-0.39, 0.29) is 5.91 Å². The van der Waals surface area contributed by atoms with Crippen LogP contribution in [0.2, 0.25) is 0 Å². The maximum Gasteiger partial charge on any atom is 0.251 e. The maximum atomic E-state index is 11.6. The van der Waals surface area contributed by atoms with Gasteiger partial charge < -0.3 is 10.4 Å². The first-order valence-electron chi connectivity index (χ1n) is 6.52. The van der Waals surface area contributed by atoms with E-state index in [2.05, 4.69) is 16.4 Å². The average Bonchev–Trinajstić information content (AvgIpc) is 3.18. The van der Waals surface area contributed by atoms with Crippen molar-refractivity contribution in [2.45, 2.75) is 24.9 Å². The van der Waals surface area contributed by atoms with Crippen molar-refractivity contribution in [2.24, 2.45) is 0 Å². The standard InChI is InChI=1S/C15H16N2O2/c18-14(15(19)6-7-15)16-8-5-11-9-12-3-1-2-4-13(12)17-10-11/h1-4,9-10,19H,5-8H2,(H,16,18). The summed E-state index contributed by atoms with van der Waals surface area (Å²) in [7, 11) is 0. The normalized spacial score (nSPS) is 16.3. The molecule has 1 aliphatic rings. The van der Waals surface area contributed by atoms with Gasteiger partial charge in [0.25, 0.3) is 5.91 Å². The number of hydrogen-bond donors (Lipinski definition) is 2. The third-order valence-corrected chi connectivity index (χ3v) is 3.49. The summed E-state index contributed by atoms with van der Waals surface area (Å²) in [6, 6.07) is 10.0. The number of fused-ring (bicyclic) bond motifs is 1. The zero-order valence-corrected chi connectivity index (χ0v) is 10.6. The second-order valence-corrected chi connectivity index (χ2v) is 5.07. The maximum absolute atomic E-state index is 11.6. The van der Waals surface area contributed by atoms with Gasteiger partial charge in [0.1, 0.15) is 5.60 Å². The molecule has 0 saturated heterocycles. The molecule has 0 aliphatic heterocycles. The van der Waals surface area contributed by atoms with Crippen LogP contribution in [0.3, 0.4) is 0 Å². The van der Waals surface area contributed by atoms with Crippen LogP contribution in [0, 0.1) is 0 Å². The van der Waals surface area contributed by atoms with E-state index in [9.17, 15) is 9.90 Å². The number of aromatic nitrogens is 1. The molecule has 1 heterocycles. The zero-order chi connectivity index (χ0) is 13.3. The fourth-order valence-electron chi connectivity index (χ4n) is 2.08. The molecular formula is C15H16N2O2. The molecule has 1 aromatic carbocycles. The molecule has 0 spiro atoms. The van der Waals surface area contributed by atoms with Crippen LogP contribution in [0.25, 0.3) is 10.9 Å². The Morgan fingerprint density at radius 1 is 1.37 bits per heavy atom. The Balaban J connectivity index is 1.60. The van der Waals surface area contributed by atoms with Crippen molar-refractivity contribution < 1.29 is 9.90 Å². The number of nitrogens with zero attached hydrogens (tertiary/aromatic N) is 1. The van der Waals surface area contributed by atoms with Crippen molar-refractivity contribution in [3.8, 4) is 0 Å². The van der Waals surface area contributed by atoms with E-state index in [1.807, 2.05) is 30.5 Å². The predicted octanol–water partition coefficient (Wildman–Crippen LogP) is 1.42. The van der Waals surface area contributed by atoms with Crippen LogP contribution in [-0.2, 0) is 11.2 Å². The molecule has 0 atom stereocenters. The Morgan fingerprint density at radius 3 is 2.95 bits per heavy atom. The van der Waals surface area contributed by atoms with Crippen molar-refractivity contribution in [3.05, 3.63) is 42.1 Å². The Hall–Kier alpha value is -1.94. The van der Waals surface area contributed by atoms with Gasteiger partial charge in [-0.3, -0.25) is 9.78 Å². The summed E-state index contributed by atoms with van der Waals surface area (Å²) >= 11 is 0. The number of pyridine rings is 1. The van der Waals surface area contributed by atoms with Crippen LogP contribution < -0.4 is 5.32 Å². The predicted molar refractivity (Wildman–Crippen MR) is 72.6 cm³/mol. The molecule has 0 radical (unpaired) electrons. The molecule has 19 heavy (non-hydrogen) atoms. The lowest BCUT2D eigenvalue weighted by molar-refractivity contribution is -0.131. The molecule has 4 nitrogen and oxygen atoms in total. The van der Waals surface area contributed by atoms with Crippen molar-refractivity contribution in [3.63, 3.8) is 0 Å².